The number of rotatable bonds is 3. The highest BCUT2D eigenvalue weighted by Gasteiger charge is 2.23. The molecule has 0 aromatic carbocycles. The highest BCUT2D eigenvalue weighted by Crippen LogP contribution is 2.13. The smallest absolute Gasteiger partial charge is 0.270 e. The Morgan fingerprint density at radius 3 is 2.67 bits per heavy atom. The highest BCUT2D eigenvalue weighted by atomic mass is 35.5. The number of hydrogen-bond donors (Lipinski definition) is 2. The predicted octanol–water partition coefficient (Wildman–Crippen LogP) is 0.807. The summed E-state index contributed by atoms with van der Waals surface area (Å²) in [7, 11) is 0. The van der Waals surface area contributed by atoms with E-state index in [0.717, 1.165) is 13.1 Å². The SMILES string of the molecule is CC(O)CN1CCN(C(=O)c2cc(Cl)c[nH]2)CC1. The molecule has 18 heavy (non-hydrogen) atoms. The first-order valence-corrected chi connectivity index (χ1v) is 6.47. The number of nitrogens with one attached hydrogen (secondary N) is 1. The maximum Gasteiger partial charge on any atom is 0.270 e. The van der Waals surface area contributed by atoms with Gasteiger partial charge in [0.1, 0.15) is 5.69 Å². The van der Waals surface area contributed by atoms with Gasteiger partial charge in [-0.3, -0.25) is 9.69 Å². The van der Waals surface area contributed by atoms with E-state index in [0.29, 0.717) is 30.4 Å². The van der Waals surface area contributed by atoms with Crippen molar-refractivity contribution in [2.24, 2.45) is 0 Å². The molecule has 0 spiro atoms. The molecule has 2 heterocycles. The van der Waals surface area contributed by atoms with Crippen LogP contribution >= 0.6 is 11.6 Å². The summed E-state index contributed by atoms with van der Waals surface area (Å²) in [5.74, 6) is -0.0152. The van der Waals surface area contributed by atoms with Crippen LogP contribution in [0.2, 0.25) is 5.02 Å². The number of H-pyrrole nitrogens is 1. The number of carbonyl (C=O) groups excluding carboxylic acids is 1. The molecule has 1 unspecified atom stereocenters. The third-order valence-corrected chi connectivity index (χ3v) is 3.28. The number of carbonyl (C=O) groups is 1. The number of amides is 1. The summed E-state index contributed by atoms with van der Waals surface area (Å²) in [6.45, 7) is 5.40. The number of nitrogens with zero attached hydrogens (tertiary/aromatic N) is 2. The highest BCUT2D eigenvalue weighted by molar-refractivity contribution is 6.30. The Hall–Kier alpha value is -1.04. The first-order chi connectivity index (χ1) is 8.56. The summed E-state index contributed by atoms with van der Waals surface area (Å²) in [6, 6.07) is 1.64. The first kappa shape index (κ1) is 13.4. The fourth-order valence-corrected chi connectivity index (χ4v) is 2.33. The van der Waals surface area contributed by atoms with Crippen LogP contribution < -0.4 is 0 Å². The lowest BCUT2D eigenvalue weighted by atomic mass is 10.2. The van der Waals surface area contributed by atoms with Crippen molar-refractivity contribution in [1.82, 2.24) is 14.8 Å². The van der Waals surface area contributed by atoms with Crippen molar-refractivity contribution < 1.29 is 9.90 Å². The second-order valence-electron chi connectivity index (χ2n) is 4.67. The summed E-state index contributed by atoms with van der Waals surface area (Å²) >= 11 is 5.79. The molecule has 5 nitrogen and oxygen atoms in total. The Bertz CT molecular complexity index is 411. The van der Waals surface area contributed by atoms with Crippen LogP contribution in [0.1, 0.15) is 17.4 Å². The lowest BCUT2D eigenvalue weighted by molar-refractivity contribution is 0.0550. The number of aromatic nitrogens is 1. The van der Waals surface area contributed by atoms with E-state index in [1.807, 2.05) is 0 Å². The van der Waals surface area contributed by atoms with Gasteiger partial charge in [0.15, 0.2) is 0 Å². The van der Waals surface area contributed by atoms with Gasteiger partial charge in [0.05, 0.1) is 11.1 Å². The van der Waals surface area contributed by atoms with Crippen LogP contribution in [-0.2, 0) is 0 Å². The summed E-state index contributed by atoms with van der Waals surface area (Å²) in [5, 5.41) is 9.87. The Morgan fingerprint density at radius 2 is 2.17 bits per heavy atom. The molecular formula is C12H18ClN3O2. The van der Waals surface area contributed by atoms with Crippen LogP contribution in [0.15, 0.2) is 12.3 Å². The van der Waals surface area contributed by atoms with Gasteiger partial charge in [0.2, 0.25) is 0 Å². The van der Waals surface area contributed by atoms with Gasteiger partial charge in [-0.1, -0.05) is 11.6 Å². The number of β-amino-alcohol motifs (C(OH)–C–C–N with tert-alkyl or cyclic N) is 1. The van der Waals surface area contributed by atoms with E-state index in [1.54, 1.807) is 24.1 Å². The maximum absolute atomic E-state index is 12.1. The molecule has 1 aliphatic heterocycles. The van der Waals surface area contributed by atoms with Crippen molar-refractivity contribution in [1.29, 1.82) is 0 Å². The first-order valence-electron chi connectivity index (χ1n) is 6.10. The molecule has 6 heteroatoms. The van der Waals surface area contributed by atoms with Gasteiger partial charge in [-0.05, 0) is 13.0 Å². The molecule has 1 aromatic rings. The number of aliphatic hydroxyl groups is 1. The number of hydrogen-bond acceptors (Lipinski definition) is 3. The molecule has 1 fully saturated rings. The molecule has 1 aromatic heterocycles. The average molecular weight is 272 g/mol. The summed E-state index contributed by atoms with van der Waals surface area (Å²) < 4.78 is 0. The van der Waals surface area contributed by atoms with Gasteiger partial charge in [-0.2, -0.15) is 0 Å². The van der Waals surface area contributed by atoms with E-state index in [4.69, 9.17) is 11.6 Å². The summed E-state index contributed by atoms with van der Waals surface area (Å²) in [4.78, 5) is 18.9. The van der Waals surface area contributed by atoms with Crippen molar-refractivity contribution in [3.8, 4) is 0 Å². The average Bonchev–Trinajstić information content (AvgIpc) is 2.75. The molecule has 2 rings (SSSR count). The van der Waals surface area contributed by atoms with Gasteiger partial charge < -0.3 is 15.0 Å². The molecule has 2 N–H and O–H groups in total. The third-order valence-electron chi connectivity index (χ3n) is 3.06. The van der Waals surface area contributed by atoms with E-state index < -0.39 is 0 Å². The molecule has 0 bridgehead atoms. The van der Waals surface area contributed by atoms with E-state index in [-0.39, 0.29) is 12.0 Å². The van der Waals surface area contributed by atoms with Crippen molar-refractivity contribution in [2.45, 2.75) is 13.0 Å². The van der Waals surface area contributed by atoms with Crippen LogP contribution in [0.5, 0.6) is 0 Å². The van der Waals surface area contributed by atoms with Crippen LogP contribution in [0.4, 0.5) is 0 Å². The largest absolute Gasteiger partial charge is 0.392 e. The lowest BCUT2D eigenvalue weighted by Gasteiger charge is -2.35. The normalized spacial score (nSPS) is 18.9. The molecule has 0 aliphatic carbocycles. The van der Waals surface area contributed by atoms with E-state index in [9.17, 15) is 9.90 Å². The number of halogens is 1. The van der Waals surface area contributed by atoms with Crippen LogP contribution in [0.3, 0.4) is 0 Å². The lowest BCUT2D eigenvalue weighted by Crippen LogP contribution is -2.50. The predicted molar refractivity (Wildman–Crippen MR) is 69.8 cm³/mol. The minimum absolute atomic E-state index is 0.0152. The van der Waals surface area contributed by atoms with Gasteiger partial charge in [0, 0.05) is 38.9 Å². The second-order valence-corrected chi connectivity index (χ2v) is 5.11. The minimum Gasteiger partial charge on any atom is -0.392 e. The molecular weight excluding hydrogens is 254 g/mol. The second kappa shape index (κ2) is 5.73. The molecule has 1 amide bonds. The molecule has 0 radical (unpaired) electrons. The van der Waals surface area contributed by atoms with Gasteiger partial charge in [-0.25, -0.2) is 0 Å². The van der Waals surface area contributed by atoms with E-state index >= 15 is 0 Å². The Labute approximate surface area is 111 Å². The van der Waals surface area contributed by atoms with Gasteiger partial charge in [-0.15, -0.1) is 0 Å². The topological polar surface area (TPSA) is 59.6 Å². The zero-order valence-corrected chi connectivity index (χ0v) is 11.2. The zero-order valence-electron chi connectivity index (χ0n) is 10.4. The Kier molecular flexibility index (Phi) is 4.27. The van der Waals surface area contributed by atoms with Gasteiger partial charge >= 0.3 is 0 Å². The monoisotopic (exact) mass is 271 g/mol. The Morgan fingerprint density at radius 1 is 1.50 bits per heavy atom. The standard InChI is InChI=1S/C12H18ClN3O2/c1-9(17)8-15-2-4-16(5-3-15)12(18)11-6-10(13)7-14-11/h6-7,9,14,17H,2-5,8H2,1H3. The van der Waals surface area contributed by atoms with E-state index in [1.165, 1.54) is 0 Å². The summed E-state index contributed by atoms with van der Waals surface area (Å²) in [6.07, 6.45) is 1.29. The Balaban J connectivity index is 1.88. The summed E-state index contributed by atoms with van der Waals surface area (Å²) in [5.41, 5.74) is 0.531. The minimum atomic E-state index is -0.325. The number of aliphatic hydroxyl groups excluding tert-OH is 1. The molecule has 1 aliphatic rings. The fourth-order valence-electron chi connectivity index (χ4n) is 2.17. The van der Waals surface area contributed by atoms with Crippen molar-refractivity contribution >= 4 is 17.5 Å². The maximum atomic E-state index is 12.1. The van der Waals surface area contributed by atoms with Crippen LogP contribution in [-0.4, -0.2) is 64.6 Å². The molecule has 1 atom stereocenters. The number of aromatic amines is 1. The molecule has 100 valence electrons. The molecule has 0 saturated carbocycles. The van der Waals surface area contributed by atoms with Crippen molar-refractivity contribution in [2.75, 3.05) is 32.7 Å². The van der Waals surface area contributed by atoms with Crippen molar-refractivity contribution in [3.63, 3.8) is 0 Å². The number of piperazine rings is 1. The van der Waals surface area contributed by atoms with Crippen molar-refractivity contribution in [3.05, 3.63) is 23.0 Å². The van der Waals surface area contributed by atoms with Gasteiger partial charge in [0.25, 0.3) is 5.91 Å². The molecule has 1 saturated heterocycles. The fraction of sp³-hybridized carbons (Fsp3) is 0.583. The zero-order chi connectivity index (χ0) is 13.1. The van der Waals surface area contributed by atoms with E-state index in [2.05, 4.69) is 9.88 Å². The quantitative estimate of drug-likeness (QED) is 0.855. The van der Waals surface area contributed by atoms with Crippen LogP contribution in [0.25, 0.3) is 0 Å². The van der Waals surface area contributed by atoms with Crippen LogP contribution in [0, 0.1) is 0 Å². The third kappa shape index (κ3) is 3.25.